The number of thiazole rings is 1. The monoisotopic (exact) mass is 315 g/mol. The number of nitrogens with two attached hydrogens (primary N) is 1. The van der Waals surface area contributed by atoms with E-state index in [1.807, 2.05) is 12.3 Å². The third kappa shape index (κ3) is 3.33. The minimum Gasteiger partial charge on any atom is -0.399 e. The SMILES string of the molecule is CC(CNS(=O)(=O)c1cc(N)ccc1F)c1nccs1. The molecule has 0 bridgehead atoms. The van der Waals surface area contributed by atoms with Gasteiger partial charge in [-0.15, -0.1) is 11.3 Å². The molecular weight excluding hydrogens is 301 g/mol. The lowest BCUT2D eigenvalue weighted by Crippen LogP contribution is -2.28. The van der Waals surface area contributed by atoms with Crippen molar-refractivity contribution < 1.29 is 12.8 Å². The molecule has 1 unspecified atom stereocenters. The van der Waals surface area contributed by atoms with Crippen LogP contribution in [-0.4, -0.2) is 19.9 Å². The number of sulfonamides is 1. The van der Waals surface area contributed by atoms with E-state index in [4.69, 9.17) is 5.73 Å². The van der Waals surface area contributed by atoms with E-state index < -0.39 is 20.7 Å². The standard InChI is InChI=1S/C12H14FN3O2S2/c1-8(12-15-4-5-19-12)7-16-20(17,18)11-6-9(14)2-3-10(11)13/h2-6,8,16H,7,14H2,1H3. The van der Waals surface area contributed by atoms with Crippen LogP contribution in [0.5, 0.6) is 0 Å². The Bertz CT molecular complexity index is 687. The third-order valence-corrected chi connectivity index (χ3v) is 5.14. The lowest BCUT2D eigenvalue weighted by Gasteiger charge is -2.11. The molecule has 0 aliphatic heterocycles. The third-order valence-electron chi connectivity index (χ3n) is 2.70. The van der Waals surface area contributed by atoms with Crippen molar-refractivity contribution in [1.82, 2.24) is 9.71 Å². The van der Waals surface area contributed by atoms with E-state index in [1.54, 1.807) is 6.20 Å². The van der Waals surface area contributed by atoms with Crippen LogP contribution in [0.25, 0.3) is 0 Å². The number of hydrogen-bond donors (Lipinski definition) is 2. The highest BCUT2D eigenvalue weighted by Gasteiger charge is 2.20. The summed E-state index contributed by atoms with van der Waals surface area (Å²) in [5.74, 6) is -0.914. The van der Waals surface area contributed by atoms with Gasteiger partial charge in [0.1, 0.15) is 10.7 Å². The van der Waals surface area contributed by atoms with E-state index in [1.165, 1.54) is 17.4 Å². The van der Waals surface area contributed by atoms with E-state index in [-0.39, 0.29) is 18.2 Å². The van der Waals surface area contributed by atoms with Gasteiger partial charge < -0.3 is 5.73 Å². The molecule has 1 heterocycles. The van der Waals surface area contributed by atoms with Crippen LogP contribution in [0.1, 0.15) is 17.8 Å². The van der Waals surface area contributed by atoms with Crippen LogP contribution in [0.2, 0.25) is 0 Å². The number of hydrogen-bond acceptors (Lipinski definition) is 5. The summed E-state index contributed by atoms with van der Waals surface area (Å²) in [5.41, 5.74) is 5.68. The maximum absolute atomic E-state index is 13.6. The zero-order valence-electron chi connectivity index (χ0n) is 10.7. The van der Waals surface area contributed by atoms with Gasteiger partial charge in [-0.05, 0) is 18.2 Å². The summed E-state index contributed by atoms with van der Waals surface area (Å²) in [6, 6.07) is 3.45. The Labute approximate surface area is 120 Å². The number of anilines is 1. The van der Waals surface area contributed by atoms with E-state index >= 15 is 0 Å². The van der Waals surface area contributed by atoms with Gasteiger partial charge in [0.15, 0.2) is 0 Å². The van der Waals surface area contributed by atoms with Crippen molar-refractivity contribution in [1.29, 1.82) is 0 Å². The molecule has 5 nitrogen and oxygen atoms in total. The second-order valence-corrected chi connectivity index (χ2v) is 6.97. The summed E-state index contributed by atoms with van der Waals surface area (Å²) in [4.78, 5) is 3.67. The molecule has 20 heavy (non-hydrogen) atoms. The van der Waals surface area contributed by atoms with Gasteiger partial charge in [0.2, 0.25) is 10.0 Å². The molecule has 1 aromatic carbocycles. The van der Waals surface area contributed by atoms with E-state index in [0.29, 0.717) is 0 Å². The number of nitrogen functional groups attached to an aromatic ring is 1. The molecule has 0 saturated carbocycles. The molecule has 2 aromatic rings. The molecule has 0 aliphatic carbocycles. The molecule has 0 saturated heterocycles. The number of rotatable bonds is 5. The predicted octanol–water partition coefficient (Wildman–Crippen LogP) is 1.95. The maximum Gasteiger partial charge on any atom is 0.243 e. The Morgan fingerprint density at radius 2 is 2.25 bits per heavy atom. The molecule has 0 radical (unpaired) electrons. The fourth-order valence-electron chi connectivity index (χ4n) is 1.60. The predicted molar refractivity (Wildman–Crippen MR) is 76.5 cm³/mol. The minimum atomic E-state index is -3.93. The van der Waals surface area contributed by atoms with Crippen molar-refractivity contribution in [3.8, 4) is 0 Å². The first kappa shape index (κ1) is 14.9. The number of aromatic nitrogens is 1. The first-order valence-corrected chi connectivity index (χ1v) is 8.20. The van der Waals surface area contributed by atoms with E-state index in [2.05, 4.69) is 9.71 Å². The summed E-state index contributed by atoms with van der Waals surface area (Å²) < 4.78 is 40.1. The van der Waals surface area contributed by atoms with Crippen LogP contribution >= 0.6 is 11.3 Å². The zero-order chi connectivity index (χ0) is 14.8. The first-order valence-electron chi connectivity index (χ1n) is 5.84. The number of halogens is 1. The lowest BCUT2D eigenvalue weighted by molar-refractivity contribution is 0.553. The Morgan fingerprint density at radius 3 is 2.90 bits per heavy atom. The van der Waals surface area contributed by atoms with Gasteiger partial charge in [0.05, 0.1) is 5.01 Å². The fraction of sp³-hybridized carbons (Fsp3) is 0.250. The average molecular weight is 315 g/mol. The zero-order valence-corrected chi connectivity index (χ0v) is 12.3. The van der Waals surface area contributed by atoms with Crippen molar-refractivity contribution >= 4 is 27.0 Å². The lowest BCUT2D eigenvalue weighted by atomic mass is 10.2. The average Bonchev–Trinajstić information content (AvgIpc) is 2.93. The highest BCUT2D eigenvalue weighted by molar-refractivity contribution is 7.89. The molecule has 0 spiro atoms. The Kier molecular flexibility index (Phi) is 4.36. The van der Waals surface area contributed by atoms with Crippen molar-refractivity contribution in [3.63, 3.8) is 0 Å². The van der Waals surface area contributed by atoms with E-state index in [9.17, 15) is 12.8 Å². The molecular formula is C12H14FN3O2S2. The highest BCUT2D eigenvalue weighted by Crippen LogP contribution is 2.20. The number of nitrogens with zero attached hydrogens (tertiary/aromatic N) is 1. The smallest absolute Gasteiger partial charge is 0.243 e. The molecule has 0 amide bonds. The normalized spacial score (nSPS) is 13.3. The van der Waals surface area contributed by atoms with Crippen molar-refractivity contribution in [3.05, 3.63) is 40.6 Å². The van der Waals surface area contributed by atoms with Crippen molar-refractivity contribution in [2.24, 2.45) is 0 Å². The molecule has 0 fully saturated rings. The van der Waals surface area contributed by atoms with Crippen LogP contribution in [-0.2, 0) is 10.0 Å². The second-order valence-electron chi connectivity index (χ2n) is 4.31. The second kappa shape index (κ2) is 5.86. The van der Waals surface area contributed by atoms with Crippen LogP contribution in [0.15, 0.2) is 34.7 Å². The van der Waals surface area contributed by atoms with Crippen molar-refractivity contribution in [2.45, 2.75) is 17.7 Å². The van der Waals surface area contributed by atoms with Gasteiger partial charge in [-0.3, -0.25) is 0 Å². The van der Waals surface area contributed by atoms with Crippen molar-refractivity contribution in [2.75, 3.05) is 12.3 Å². The van der Waals surface area contributed by atoms with Crippen LogP contribution in [0.4, 0.5) is 10.1 Å². The topological polar surface area (TPSA) is 85.1 Å². The van der Waals surface area contributed by atoms with Gasteiger partial charge in [0.25, 0.3) is 0 Å². The maximum atomic E-state index is 13.6. The molecule has 3 N–H and O–H groups in total. The van der Waals surface area contributed by atoms with E-state index in [0.717, 1.165) is 17.1 Å². The van der Waals surface area contributed by atoms with Crippen LogP contribution in [0.3, 0.4) is 0 Å². The molecule has 1 aromatic heterocycles. The summed E-state index contributed by atoms with van der Waals surface area (Å²) in [5, 5.41) is 2.64. The number of benzene rings is 1. The number of nitrogens with one attached hydrogen (secondary N) is 1. The molecule has 0 aliphatic rings. The highest BCUT2D eigenvalue weighted by atomic mass is 32.2. The van der Waals surface area contributed by atoms with Gasteiger partial charge in [-0.2, -0.15) is 0 Å². The summed E-state index contributed by atoms with van der Waals surface area (Å²) in [6.45, 7) is 1.99. The Morgan fingerprint density at radius 1 is 1.50 bits per heavy atom. The Hall–Kier alpha value is -1.51. The molecule has 1 atom stereocenters. The quantitative estimate of drug-likeness (QED) is 0.826. The minimum absolute atomic E-state index is 0.0890. The summed E-state index contributed by atoms with van der Waals surface area (Å²) in [7, 11) is -3.93. The van der Waals surface area contributed by atoms with Gasteiger partial charge in [0, 0.05) is 29.7 Å². The van der Waals surface area contributed by atoms with Gasteiger partial charge >= 0.3 is 0 Å². The van der Waals surface area contributed by atoms with Gasteiger partial charge in [-0.25, -0.2) is 22.5 Å². The summed E-state index contributed by atoms with van der Waals surface area (Å²) >= 11 is 1.44. The first-order chi connectivity index (χ1) is 9.40. The van der Waals surface area contributed by atoms with Crippen LogP contribution in [0, 0.1) is 5.82 Å². The fourth-order valence-corrected chi connectivity index (χ4v) is 3.54. The largest absolute Gasteiger partial charge is 0.399 e. The molecule has 108 valence electrons. The van der Waals surface area contributed by atoms with Crippen LogP contribution < -0.4 is 10.5 Å². The molecule has 8 heteroatoms. The summed E-state index contributed by atoms with van der Waals surface area (Å²) in [6.07, 6.45) is 1.66. The Balaban J connectivity index is 2.13. The molecule has 2 rings (SSSR count). The van der Waals surface area contributed by atoms with Gasteiger partial charge in [-0.1, -0.05) is 6.92 Å².